The average molecular weight is 496 g/mol. The molecular weight excluding hydrogens is 461 g/mol. The van der Waals surface area contributed by atoms with Crippen molar-refractivity contribution < 1.29 is 24.4 Å². The second kappa shape index (κ2) is 11.4. The minimum Gasteiger partial charge on any atom is -0.508 e. The normalized spacial score (nSPS) is 17.5. The molecule has 186 valence electrons. The van der Waals surface area contributed by atoms with Gasteiger partial charge in [0.25, 0.3) is 7.37 Å². The Morgan fingerprint density at radius 1 is 0.914 bits per heavy atom. The maximum Gasteiger partial charge on any atom is 0.265 e. The van der Waals surface area contributed by atoms with Crippen LogP contribution >= 0.6 is 7.37 Å². The number of nitrogens with one attached hydrogen (secondary N) is 1. The monoisotopic (exact) mass is 495 g/mol. The Morgan fingerprint density at radius 2 is 1.54 bits per heavy atom. The molecule has 0 saturated heterocycles. The lowest BCUT2D eigenvalue weighted by molar-refractivity contribution is 0.153. The Kier molecular flexibility index (Phi) is 8.30. The molecule has 1 aliphatic rings. The number of β-amino-alcohol motifs (C(OH)–C–C–N with tert-alkyl or cyclic N) is 1. The molecule has 0 bridgehead atoms. The van der Waals surface area contributed by atoms with E-state index in [0.717, 1.165) is 43.2 Å². The van der Waals surface area contributed by atoms with Crippen molar-refractivity contribution in [3.63, 3.8) is 0 Å². The molecule has 0 heterocycles. The molecule has 0 aromatic heterocycles. The largest absolute Gasteiger partial charge is 0.508 e. The number of benzene rings is 3. The summed E-state index contributed by atoms with van der Waals surface area (Å²) in [6.45, 7) is 0.507. The van der Waals surface area contributed by atoms with Gasteiger partial charge in [-0.2, -0.15) is 0 Å². The van der Waals surface area contributed by atoms with Gasteiger partial charge in [0, 0.05) is 17.4 Å². The first-order valence-corrected chi connectivity index (χ1v) is 14.0. The van der Waals surface area contributed by atoms with Crippen molar-refractivity contribution in [2.75, 3.05) is 12.9 Å². The fraction of sp³-hybridized carbons (Fsp3) is 0.357. The van der Waals surface area contributed by atoms with Gasteiger partial charge in [0.2, 0.25) is 0 Å². The van der Waals surface area contributed by atoms with E-state index < -0.39 is 13.5 Å². The molecule has 2 atom stereocenters. The topological polar surface area (TPSA) is 99.0 Å². The molecule has 35 heavy (non-hydrogen) atoms. The highest BCUT2D eigenvalue weighted by Gasteiger charge is 2.34. The van der Waals surface area contributed by atoms with Crippen molar-refractivity contribution in [1.29, 1.82) is 0 Å². The van der Waals surface area contributed by atoms with E-state index in [1.54, 1.807) is 36.4 Å². The van der Waals surface area contributed by atoms with Crippen molar-refractivity contribution in [2.45, 2.75) is 50.2 Å². The zero-order valence-electron chi connectivity index (χ0n) is 19.8. The molecule has 4 rings (SSSR count). The van der Waals surface area contributed by atoms with Gasteiger partial charge in [0.1, 0.15) is 11.5 Å². The minimum absolute atomic E-state index is 0.0492. The molecule has 0 aliphatic heterocycles. The first-order chi connectivity index (χ1) is 16.8. The van der Waals surface area contributed by atoms with Gasteiger partial charge in [-0.25, -0.2) is 0 Å². The number of ether oxygens (including phenoxy) is 1. The first kappa shape index (κ1) is 25.5. The lowest BCUT2D eigenvalue weighted by Crippen LogP contribution is -2.48. The quantitative estimate of drug-likeness (QED) is 0.295. The van der Waals surface area contributed by atoms with Crippen LogP contribution in [0.15, 0.2) is 78.9 Å². The Balaban J connectivity index is 1.31. The van der Waals surface area contributed by atoms with Gasteiger partial charge in [-0.3, -0.25) is 4.57 Å². The molecule has 4 N–H and O–H groups in total. The molecule has 3 aromatic rings. The zero-order chi connectivity index (χ0) is 24.7. The number of rotatable bonds is 11. The van der Waals surface area contributed by atoms with E-state index in [1.807, 2.05) is 42.5 Å². The van der Waals surface area contributed by atoms with Crippen molar-refractivity contribution in [1.82, 2.24) is 5.32 Å². The van der Waals surface area contributed by atoms with Gasteiger partial charge in [0.05, 0.1) is 6.10 Å². The van der Waals surface area contributed by atoms with Gasteiger partial charge in [0.15, 0.2) is 6.35 Å². The highest BCUT2D eigenvalue weighted by atomic mass is 31.2. The van der Waals surface area contributed by atoms with Crippen LogP contribution in [-0.4, -0.2) is 39.6 Å². The number of hydrogen-bond acceptors (Lipinski definition) is 5. The van der Waals surface area contributed by atoms with E-state index in [4.69, 9.17) is 4.74 Å². The summed E-state index contributed by atoms with van der Waals surface area (Å²) in [4.78, 5) is 10.3. The summed E-state index contributed by atoms with van der Waals surface area (Å²) in [5.41, 5.74) is 2.11. The van der Waals surface area contributed by atoms with E-state index in [1.165, 1.54) is 0 Å². The van der Waals surface area contributed by atoms with Crippen LogP contribution in [0.3, 0.4) is 0 Å². The summed E-state index contributed by atoms with van der Waals surface area (Å²) in [7, 11) is -3.57. The highest BCUT2D eigenvalue weighted by molar-refractivity contribution is 7.65. The Morgan fingerprint density at radius 3 is 2.20 bits per heavy atom. The van der Waals surface area contributed by atoms with E-state index >= 15 is 0 Å². The fourth-order valence-corrected chi connectivity index (χ4v) is 5.88. The number of hydrogen-bond donors (Lipinski definition) is 4. The maximum absolute atomic E-state index is 12.6. The summed E-state index contributed by atoms with van der Waals surface area (Å²) in [6, 6.07) is 23.3. The van der Waals surface area contributed by atoms with Crippen LogP contribution in [0.25, 0.3) is 0 Å². The average Bonchev–Trinajstić information content (AvgIpc) is 3.33. The van der Waals surface area contributed by atoms with Crippen molar-refractivity contribution >= 4 is 12.7 Å². The highest BCUT2D eigenvalue weighted by Crippen LogP contribution is 2.39. The number of aliphatic hydroxyl groups excluding tert-OH is 1. The van der Waals surface area contributed by atoms with Crippen LogP contribution < -0.4 is 15.4 Å². The van der Waals surface area contributed by atoms with Crippen molar-refractivity contribution in [2.24, 2.45) is 0 Å². The van der Waals surface area contributed by atoms with Crippen LogP contribution in [0.1, 0.15) is 36.8 Å². The maximum atomic E-state index is 12.6. The van der Waals surface area contributed by atoms with Gasteiger partial charge < -0.3 is 25.2 Å². The first-order valence-electron chi connectivity index (χ1n) is 12.1. The molecule has 1 saturated carbocycles. The van der Waals surface area contributed by atoms with Crippen LogP contribution in [-0.2, 0) is 17.4 Å². The smallest absolute Gasteiger partial charge is 0.265 e. The van der Waals surface area contributed by atoms with E-state index in [0.29, 0.717) is 24.0 Å². The number of phenols is 1. The third-order valence-electron chi connectivity index (χ3n) is 6.71. The Hall–Kier alpha value is -2.63. The molecule has 7 heteroatoms. The van der Waals surface area contributed by atoms with Gasteiger partial charge in [-0.1, -0.05) is 55.3 Å². The molecule has 1 fully saturated rings. The van der Waals surface area contributed by atoms with Crippen LogP contribution in [0.2, 0.25) is 0 Å². The predicted molar refractivity (Wildman–Crippen MR) is 139 cm³/mol. The molecule has 6 nitrogen and oxygen atoms in total. The SMILES string of the molecule is O=P(O)(COc1ccc(CC2(NC[C@@H](O)Cc3ccc(O)cc3)CCCC2)cc1)c1ccccc1. The summed E-state index contributed by atoms with van der Waals surface area (Å²) >= 11 is 0. The van der Waals surface area contributed by atoms with Gasteiger partial charge >= 0.3 is 0 Å². The molecule has 1 aliphatic carbocycles. The predicted octanol–water partition coefficient (Wildman–Crippen LogP) is 4.37. The zero-order valence-corrected chi connectivity index (χ0v) is 20.7. The van der Waals surface area contributed by atoms with E-state index in [-0.39, 0.29) is 17.6 Å². The molecule has 0 spiro atoms. The Bertz CT molecular complexity index is 1110. The van der Waals surface area contributed by atoms with Crippen LogP contribution in [0.5, 0.6) is 11.5 Å². The molecular formula is C28H34NO5P. The van der Waals surface area contributed by atoms with Crippen LogP contribution in [0.4, 0.5) is 0 Å². The van der Waals surface area contributed by atoms with Gasteiger partial charge in [-0.05, 0) is 73.2 Å². The number of phenolic OH excluding ortho intramolecular Hbond substituents is 1. The summed E-state index contributed by atoms with van der Waals surface area (Å²) < 4.78 is 18.2. The standard InChI is InChI=1S/C28H34NO5P/c30-24-12-8-22(9-13-24)18-25(31)20-29-28(16-4-5-17-28)19-23-10-14-26(15-11-23)34-21-35(32,33)27-6-2-1-3-7-27/h1-3,6-15,25,29-31H,4-5,16-21H2,(H,32,33)/t25-/m0/s1. The van der Waals surface area contributed by atoms with Crippen molar-refractivity contribution in [3.8, 4) is 11.5 Å². The third-order valence-corrected chi connectivity index (χ3v) is 8.30. The molecule has 1 unspecified atom stereocenters. The summed E-state index contributed by atoms with van der Waals surface area (Å²) in [5.74, 6) is 0.793. The molecule has 3 aromatic carbocycles. The number of aliphatic hydroxyl groups is 1. The van der Waals surface area contributed by atoms with Gasteiger partial charge in [-0.15, -0.1) is 0 Å². The fourth-order valence-electron chi connectivity index (χ4n) is 4.77. The second-order valence-electron chi connectivity index (χ2n) is 9.52. The molecule has 0 amide bonds. The third kappa shape index (κ3) is 7.18. The van der Waals surface area contributed by atoms with Crippen molar-refractivity contribution in [3.05, 3.63) is 90.0 Å². The minimum atomic E-state index is -3.57. The Labute approximate surface area is 207 Å². The summed E-state index contributed by atoms with van der Waals surface area (Å²) in [5, 5.41) is 24.0. The van der Waals surface area contributed by atoms with E-state index in [2.05, 4.69) is 5.32 Å². The molecule has 0 radical (unpaired) electrons. The van der Waals surface area contributed by atoms with E-state index in [9.17, 15) is 19.7 Å². The lowest BCUT2D eigenvalue weighted by atomic mass is 9.88. The summed E-state index contributed by atoms with van der Waals surface area (Å²) in [6.07, 6.45) is 5.05. The number of aromatic hydroxyl groups is 1. The second-order valence-corrected chi connectivity index (χ2v) is 11.7. The lowest BCUT2D eigenvalue weighted by Gasteiger charge is -2.32. The van der Waals surface area contributed by atoms with Crippen LogP contribution in [0, 0.1) is 0 Å².